The highest BCUT2D eigenvalue weighted by atomic mass is 79.9. The second kappa shape index (κ2) is 17.8. The van der Waals surface area contributed by atoms with Crippen molar-refractivity contribution in [2.45, 2.75) is 75.3 Å². The van der Waals surface area contributed by atoms with Crippen LogP contribution in [-0.4, -0.2) is 71.8 Å². The Bertz CT molecular complexity index is 1830. The van der Waals surface area contributed by atoms with Gasteiger partial charge in [-0.05, 0) is 92.1 Å². The highest BCUT2D eigenvalue weighted by Crippen LogP contribution is 2.32. The molecule has 2 aromatic carbocycles. The van der Waals surface area contributed by atoms with Crippen molar-refractivity contribution in [3.8, 4) is 22.6 Å². The van der Waals surface area contributed by atoms with Crippen molar-refractivity contribution in [3.05, 3.63) is 59.2 Å². The number of methoxy groups -OCH3 is 1. The molecule has 0 aliphatic rings. The Morgan fingerprint density at radius 3 is 1.72 bits per heavy atom. The van der Waals surface area contributed by atoms with Crippen LogP contribution >= 0.6 is 15.9 Å². The first-order valence-electron chi connectivity index (χ1n) is 15.9. The third-order valence-electron chi connectivity index (χ3n) is 7.02. The van der Waals surface area contributed by atoms with Crippen LogP contribution < -0.4 is 26.3 Å². The molecule has 15 heteroatoms. The van der Waals surface area contributed by atoms with Gasteiger partial charge in [0.2, 0.25) is 0 Å². The van der Waals surface area contributed by atoms with E-state index in [1.54, 1.807) is 42.5 Å². The number of hydrogen-bond donors (Lipinski definition) is 3. The van der Waals surface area contributed by atoms with Crippen LogP contribution in [0.2, 0.25) is 0 Å². The number of ether oxygens (including phenoxy) is 3. The average Bonchev–Trinajstić information content (AvgIpc) is 2.97. The van der Waals surface area contributed by atoms with E-state index in [1.165, 1.54) is 19.4 Å². The number of nitrogens with zero attached hydrogens (tertiary/aromatic N) is 1. The first-order chi connectivity index (χ1) is 22.9. The normalized spacial score (nSPS) is 14.2. The summed E-state index contributed by atoms with van der Waals surface area (Å²) < 4.78 is 65.1. The van der Waals surface area contributed by atoms with Crippen LogP contribution in [0.5, 0.6) is 11.5 Å². The number of pyridine rings is 1. The van der Waals surface area contributed by atoms with E-state index in [4.69, 9.17) is 20.9 Å². The first kappa shape index (κ1) is 42.9. The van der Waals surface area contributed by atoms with Crippen molar-refractivity contribution in [2.75, 3.05) is 38.2 Å². The van der Waals surface area contributed by atoms with Gasteiger partial charge in [-0.1, -0.05) is 49.7 Å². The number of aromatic nitrogens is 1. The fraction of sp³-hybridized carbons (Fsp3) is 0.486. The second-order valence-corrected chi connectivity index (χ2v) is 18.8. The second-order valence-electron chi connectivity index (χ2n) is 13.9. The molecule has 0 spiro atoms. The minimum Gasteiger partial charge on any atom is -0.490 e. The predicted octanol–water partition coefficient (Wildman–Crippen LogP) is 6.47. The third-order valence-corrected chi connectivity index (χ3v) is 9.75. The SMILES string of the molecule is CC(C)C[C@@](C)(N)COc1ccc(Br)cc1S(C)(=O)=O.COC(=O)Nc1cc(-c2ccc(OC[C@](C)(N)CC(C)C)c(S(C)(=O)=O)c2)ccn1. The van der Waals surface area contributed by atoms with E-state index >= 15 is 0 Å². The number of nitrogens with two attached hydrogens (primary N) is 2. The standard InChI is InChI=1S/C21H29N3O5S.C14H22BrNO3S/c1-14(2)12-21(3,22)13-29-17-7-6-15(10-18(17)30(5,26)27)16-8-9-23-19(11-16)24-20(25)28-4;1-10(2)8-14(3,16)9-19-12-6-5-11(15)7-13(12)20(4,17)18/h6-11,14H,12-13,22H2,1-5H3,(H,23,24,25);5-7,10H,8-9,16H2,1-4H3/t21-;14-/m11/s1. The van der Waals surface area contributed by atoms with Crippen molar-refractivity contribution in [1.82, 2.24) is 4.98 Å². The van der Waals surface area contributed by atoms with Crippen molar-refractivity contribution < 1.29 is 35.8 Å². The predicted molar refractivity (Wildman–Crippen MR) is 201 cm³/mol. The molecule has 3 rings (SSSR count). The summed E-state index contributed by atoms with van der Waals surface area (Å²) in [5.41, 5.74) is 12.7. The molecule has 0 unspecified atom stereocenters. The molecule has 0 radical (unpaired) electrons. The molecule has 0 saturated heterocycles. The summed E-state index contributed by atoms with van der Waals surface area (Å²) in [6.45, 7) is 12.6. The molecule has 0 fully saturated rings. The minimum atomic E-state index is -3.56. The Balaban J connectivity index is 0.000000377. The van der Waals surface area contributed by atoms with Crippen molar-refractivity contribution in [2.24, 2.45) is 23.3 Å². The van der Waals surface area contributed by atoms with Gasteiger partial charge in [-0.15, -0.1) is 0 Å². The smallest absolute Gasteiger partial charge is 0.412 e. The van der Waals surface area contributed by atoms with Crippen LogP contribution in [0, 0.1) is 11.8 Å². The van der Waals surface area contributed by atoms with Gasteiger partial charge in [-0.25, -0.2) is 26.6 Å². The van der Waals surface area contributed by atoms with Crippen LogP contribution in [0.25, 0.3) is 11.1 Å². The van der Waals surface area contributed by atoms with Crippen molar-refractivity contribution in [1.29, 1.82) is 0 Å². The van der Waals surface area contributed by atoms with Gasteiger partial charge in [0.05, 0.1) is 7.11 Å². The van der Waals surface area contributed by atoms with Crippen LogP contribution in [-0.2, 0) is 24.4 Å². The number of anilines is 1. The molecule has 0 saturated carbocycles. The largest absolute Gasteiger partial charge is 0.490 e. The van der Waals surface area contributed by atoms with Gasteiger partial charge in [0.15, 0.2) is 19.7 Å². The average molecular weight is 800 g/mol. The molecule has 3 aromatic rings. The Morgan fingerprint density at radius 1 is 0.800 bits per heavy atom. The summed E-state index contributed by atoms with van der Waals surface area (Å²) in [4.78, 5) is 15.7. The van der Waals surface area contributed by atoms with Gasteiger partial charge < -0.3 is 25.7 Å². The number of amides is 1. The Kier molecular flexibility index (Phi) is 15.3. The summed E-state index contributed by atoms with van der Waals surface area (Å²) in [5.74, 6) is 1.72. The number of carbonyl (C=O) groups is 1. The van der Waals surface area contributed by atoms with E-state index in [1.807, 2.05) is 13.8 Å². The lowest BCUT2D eigenvalue weighted by molar-refractivity contribution is 0.187. The van der Waals surface area contributed by atoms with Crippen molar-refractivity contribution in [3.63, 3.8) is 0 Å². The maximum absolute atomic E-state index is 12.4. The maximum atomic E-state index is 12.4. The maximum Gasteiger partial charge on any atom is 0.412 e. The number of carbonyl (C=O) groups excluding carboxylic acids is 1. The fourth-order valence-corrected chi connectivity index (χ4v) is 7.47. The molecule has 1 amide bonds. The van der Waals surface area contributed by atoms with Gasteiger partial charge >= 0.3 is 6.09 Å². The lowest BCUT2D eigenvalue weighted by atomic mass is 9.93. The Morgan fingerprint density at radius 2 is 1.26 bits per heavy atom. The Labute approximate surface area is 305 Å². The lowest BCUT2D eigenvalue weighted by Gasteiger charge is -2.27. The van der Waals surface area contributed by atoms with Gasteiger partial charge in [-0.2, -0.15) is 0 Å². The molecule has 0 bridgehead atoms. The van der Waals surface area contributed by atoms with Crippen LogP contribution in [0.1, 0.15) is 54.4 Å². The molecular formula is C35H51BrN4O8S2. The van der Waals surface area contributed by atoms with E-state index in [9.17, 15) is 21.6 Å². The van der Waals surface area contributed by atoms with Crippen molar-refractivity contribution >= 4 is 47.5 Å². The molecule has 0 aliphatic heterocycles. The monoisotopic (exact) mass is 798 g/mol. The zero-order valence-corrected chi connectivity index (χ0v) is 33.5. The third kappa shape index (κ3) is 14.5. The molecule has 1 aromatic heterocycles. The molecule has 2 atom stereocenters. The fourth-order valence-electron chi connectivity index (χ4n) is 5.29. The minimum absolute atomic E-state index is 0.0691. The highest BCUT2D eigenvalue weighted by molar-refractivity contribution is 9.10. The molecular weight excluding hydrogens is 748 g/mol. The zero-order chi connectivity index (χ0) is 38.1. The number of benzene rings is 2. The van der Waals surface area contributed by atoms with Gasteiger partial charge in [0, 0.05) is 34.3 Å². The van der Waals surface area contributed by atoms with Crippen LogP contribution in [0.3, 0.4) is 0 Å². The van der Waals surface area contributed by atoms with Gasteiger partial charge in [-0.3, -0.25) is 5.32 Å². The summed E-state index contributed by atoms with van der Waals surface area (Å²) in [6.07, 6.45) is 4.70. The van der Waals surface area contributed by atoms with E-state index in [0.717, 1.165) is 25.4 Å². The molecule has 0 aliphatic carbocycles. The first-order valence-corrected chi connectivity index (χ1v) is 20.5. The molecule has 1 heterocycles. The Hall–Kier alpha value is -3.24. The van der Waals surface area contributed by atoms with E-state index in [0.29, 0.717) is 33.2 Å². The summed E-state index contributed by atoms with van der Waals surface area (Å²) in [6, 6.07) is 13.2. The number of sulfone groups is 2. The quantitative estimate of drug-likeness (QED) is 0.162. The molecule has 278 valence electrons. The van der Waals surface area contributed by atoms with Crippen LogP contribution in [0.4, 0.5) is 10.6 Å². The molecule has 5 N–H and O–H groups in total. The van der Waals surface area contributed by atoms with Crippen LogP contribution in [0.15, 0.2) is 69.0 Å². The molecule has 50 heavy (non-hydrogen) atoms. The number of halogens is 1. The highest BCUT2D eigenvalue weighted by Gasteiger charge is 2.25. The van der Waals surface area contributed by atoms with E-state index in [-0.39, 0.29) is 34.6 Å². The summed E-state index contributed by atoms with van der Waals surface area (Å²) >= 11 is 3.27. The molecule has 12 nitrogen and oxygen atoms in total. The van der Waals surface area contributed by atoms with E-state index < -0.39 is 36.8 Å². The summed E-state index contributed by atoms with van der Waals surface area (Å²) in [5, 5.41) is 2.48. The topological polar surface area (TPSA) is 190 Å². The summed E-state index contributed by atoms with van der Waals surface area (Å²) in [7, 11) is -5.65. The van der Waals surface area contributed by atoms with E-state index in [2.05, 4.69) is 58.7 Å². The lowest BCUT2D eigenvalue weighted by Crippen LogP contribution is -2.43. The number of nitrogens with one attached hydrogen (secondary N) is 1. The van der Waals surface area contributed by atoms with Gasteiger partial charge in [0.25, 0.3) is 0 Å². The van der Waals surface area contributed by atoms with Gasteiger partial charge in [0.1, 0.15) is 40.3 Å². The number of rotatable bonds is 14. The zero-order valence-electron chi connectivity index (χ0n) is 30.2. The number of hydrogen-bond acceptors (Lipinski definition) is 11.